The van der Waals surface area contributed by atoms with Crippen LogP contribution < -0.4 is 5.32 Å². The molecule has 0 fully saturated rings. The lowest BCUT2D eigenvalue weighted by Gasteiger charge is -1.99. The molecule has 1 aromatic rings. The highest BCUT2D eigenvalue weighted by molar-refractivity contribution is 5.25. The van der Waals surface area contributed by atoms with Gasteiger partial charge in [-0.15, -0.1) is 0 Å². The second-order valence-electron chi connectivity index (χ2n) is 2.87. The van der Waals surface area contributed by atoms with Crippen molar-refractivity contribution in [3.8, 4) is 0 Å². The molecular weight excluding hydrogens is 136 g/mol. The molecule has 0 radical (unpaired) electrons. The van der Waals surface area contributed by atoms with Crippen LogP contribution in [0.2, 0.25) is 0 Å². The molecule has 0 amide bonds. The standard InChI is InChI=1S/C9H12N2/c1-2-8-4-3-7-5-10-6-9(7)11-8/h3-4,10H,2,5-6H2,1H3. The second kappa shape index (κ2) is 2.62. The molecule has 58 valence electrons. The molecular formula is C9H12N2. The third-order valence-electron chi connectivity index (χ3n) is 2.10. The zero-order valence-corrected chi connectivity index (χ0v) is 6.72. The average Bonchev–Trinajstić information content (AvgIpc) is 2.50. The molecule has 2 rings (SSSR count). The first kappa shape index (κ1) is 6.80. The van der Waals surface area contributed by atoms with Gasteiger partial charge in [-0.2, -0.15) is 0 Å². The van der Waals surface area contributed by atoms with Gasteiger partial charge in [-0.3, -0.25) is 4.98 Å². The first-order valence-electron chi connectivity index (χ1n) is 4.08. The van der Waals surface area contributed by atoms with E-state index in [1.54, 1.807) is 0 Å². The van der Waals surface area contributed by atoms with Crippen molar-refractivity contribution in [3.05, 3.63) is 29.1 Å². The number of rotatable bonds is 1. The van der Waals surface area contributed by atoms with Crippen LogP contribution in [-0.4, -0.2) is 4.98 Å². The molecule has 1 aromatic heterocycles. The van der Waals surface area contributed by atoms with Crippen LogP contribution in [0.3, 0.4) is 0 Å². The third-order valence-corrected chi connectivity index (χ3v) is 2.10. The Kier molecular flexibility index (Phi) is 1.62. The van der Waals surface area contributed by atoms with Gasteiger partial charge in [0.15, 0.2) is 0 Å². The maximum Gasteiger partial charge on any atom is 0.0589 e. The van der Waals surface area contributed by atoms with Gasteiger partial charge in [0.1, 0.15) is 0 Å². The van der Waals surface area contributed by atoms with Crippen LogP contribution in [0.4, 0.5) is 0 Å². The number of hydrogen-bond acceptors (Lipinski definition) is 2. The lowest BCUT2D eigenvalue weighted by molar-refractivity contribution is 0.756. The Labute approximate surface area is 66.7 Å². The summed E-state index contributed by atoms with van der Waals surface area (Å²) < 4.78 is 0. The fourth-order valence-electron chi connectivity index (χ4n) is 1.40. The van der Waals surface area contributed by atoms with E-state index < -0.39 is 0 Å². The van der Waals surface area contributed by atoms with Gasteiger partial charge in [0, 0.05) is 18.8 Å². The van der Waals surface area contributed by atoms with Gasteiger partial charge in [0.05, 0.1) is 5.69 Å². The molecule has 0 bridgehead atoms. The topological polar surface area (TPSA) is 24.9 Å². The molecule has 2 nitrogen and oxygen atoms in total. The number of pyridine rings is 1. The van der Waals surface area contributed by atoms with Crippen LogP contribution in [0.1, 0.15) is 23.9 Å². The maximum atomic E-state index is 4.51. The smallest absolute Gasteiger partial charge is 0.0589 e. The zero-order valence-electron chi connectivity index (χ0n) is 6.72. The largest absolute Gasteiger partial charge is 0.307 e. The van der Waals surface area contributed by atoms with Crippen LogP contribution in [0, 0.1) is 0 Å². The van der Waals surface area contributed by atoms with Crippen LogP contribution in [0.25, 0.3) is 0 Å². The summed E-state index contributed by atoms with van der Waals surface area (Å²) in [5, 5.41) is 3.28. The van der Waals surface area contributed by atoms with E-state index in [4.69, 9.17) is 0 Å². The molecule has 2 heteroatoms. The Balaban J connectivity index is 2.41. The van der Waals surface area contributed by atoms with Gasteiger partial charge >= 0.3 is 0 Å². The Morgan fingerprint density at radius 1 is 1.45 bits per heavy atom. The second-order valence-corrected chi connectivity index (χ2v) is 2.87. The molecule has 0 saturated heterocycles. The summed E-state index contributed by atoms with van der Waals surface area (Å²) in [6, 6.07) is 4.30. The van der Waals surface area contributed by atoms with E-state index in [1.165, 1.54) is 17.0 Å². The highest BCUT2D eigenvalue weighted by Gasteiger charge is 2.10. The molecule has 0 aromatic carbocycles. The Hall–Kier alpha value is -0.890. The van der Waals surface area contributed by atoms with Crippen LogP contribution in [-0.2, 0) is 19.5 Å². The van der Waals surface area contributed by atoms with Crippen LogP contribution in [0.5, 0.6) is 0 Å². The first-order chi connectivity index (χ1) is 5.40. The van der Waals surface area contributed by atoms with Crippen LogP contribution >= 0.6 is 0 Å². The maximum absolute atomic E-state index is 4.51. The molecule has 0 unspecified atom stereocenters. The van der Waals surface area contributed by atoms with Gasteiger partial charge < -0.3 is 5.32 Å². The van der Waals surface area contributed by atoms with Gasteiger partial charge in [-0.05, 0) is 18.1 Å². The van der Waals surface area contributed by atoms with Crippen molar-refractivity contribution in [1.82, 2.24) is 10.3 Å². The summed E-state index contributed by atoms with van der Waals surface area (Å²) in [6.07, 6.45) is 1.04. The predicted octanol–water partition coefficient (Wildman–Crippen LogP) is 1.25. The summed E-state index contributed by atoms with van der Waals surface area (Å²) in [4.78, 5) is 4.51. The number of fused-ring (bicyclic) bond motifs is 1. The molecule has 1 aliphatic heterocycles. The summed E-state index contributed by atoms with van der Waals surface area (Å²) in [7, 11) is 0. The van der Waals surface area contributed by atoms with Gasteiger partial charge in [0.2, 0.25) is 0 Å². The quantitative estimate of drug-likeness (QED) is 0.648. The first-order valence-corrected chi connectivity index (χ1v) is 4.08. The van der Waals surface area contributed by atoms with Crippen molar-refractivity contribution in [1.29, 1.82) is 0 Å². The lowest BCUT2D eigenvalue weighted by atomic mass is 10.2. The molecule has 0 spiro atoms. The number of aromatic nitrogens is 1. The lowest BCUT2D eigenvalue weighted by Crippen LogP contribution is -2.00. The summed E-state index contributed by atoms with van der Waals surface area (Å²) in [6.45, 7) is 4.08. The van der Waals surface area contributed by atoms with Crippen molar-refractivity contribution >= 4 is 0 Å². The van der Waals surface area contributed by atoms with Gasteiger partial charge in [0.25, 0.3) is 0 Å². The monoisotopic (exact) mass is 148 g/mol. The summed E-state index contributed by atoms with van der Waals surface area (Å²) in [5.74, 6) is 0. The highest BCUT2D eigenvalue weighted by Crippen LogP contribution is 2.13. The fraction of sp³-hybridized carbons (Fsp3) is 0.444. The zero-order chi connectivity index (χ0) is 7.68. The predicted molar refractivity (Wildman–Crippen MR) is 44.2 cm³/mol. The van der Waals surface area contributed by atoms with Gasteiger partial charge in [-0.25, -0.2) is 0 Å². The minimum Gasteiger partial charge on any atom is -0.307 e. The highest BCUT2D eigenvalue weighted by atomic mass is 14.9. The molecule has 2 heterocycles. The van der Waals surface area contributed by atoms with E-state index in [0.29, 0.717) is 0 Å². The Bertz CT molecular complexity index is 268. The van der Waals surface area contributed by atoms with E-state index >= 15 is 0 Å². The van der Waals surface area contributed by atoms with E-state index in [1.807, 2.05) is 0 Å². The number of hydrogen-bond donors (Lipinski definition) is 1. The van der Waals surface area contributed by atoms with E-state index in [9.17, 15) is 0 Å². The Morgan fingerprint density at radius 2 is 2.36 bits per heavy atom. The van der Waals surface area contributed by atoms with E-state index in [-0.39, 0.29) is 0 Å². The average molecular weight is 148 g/mol. The van der Waals surface area contributed by atoms with Crippen molar-refractivity contribution < 1.29 is 0 Å². The van der Waals surface area contributed by atoms with E-state index in [0.717, 1.165) is 19.5 Å². The van der Waals surface area contributed by atoms with Crippen molar-refractivity contribution in [2.45, 2.75) is 26.4 Å². The van der Waals surface area contributed by atoms with Crippen molar-refractivity contribution in [3.63, 3.8) is 0 Å². The number of nitrogens with one attached hydrogen (secondary N) is 1. The number of aryl methyl sites for hydroxylation is 1. The molecule has 0 aliphatic carbocycles. The molecule has 1 aliphatic rings. The van der Waals surface area contributed by atoms with Crippen molar-refractivity contribution in [2.24, 2.45) is 0 Å². The minimum atomic E-state index is 0.948. The van der Waals surface area contributed by atoms with Gasteiger partial charge in [-0.1, -0.05) is 13.0 Å². The SMILES string of the molecule is CCc1ccc2c(n1)CNC2. The van der Waals surface area contributed by atoms with E-state index in [2.05, 4.69) is 29.4 Å². The van der Waals surface area contributed by atoms with Crippen molar-refractivity contribution in [2.75, 3.05) is 0 Å². The number of nitrogens with zero attached hydrogens (tertiary/aromatic N) is 1. The third kappa shape index (κ3) is 1.14. The Morgan fingerprint density at radius 3 is 3.18 bits per heavy atom. The molecule has 11 heavy (non-hydrogen) atoms. The normalized spacial score (nSPS) is 15.0. The minimum absolute atomic E-state index is 0.948. The molecule has 1 N–H and O–H groups in total. The van der Waals surface area contributed by atoms with Crippen LogP contribution in [0.15, 0.2) is 12.1 Å². The summed E-state index contributed by atoms with van der Waals surface area (Å²) in [5.41, 5.74) is 3.80. The summed E-state index contributed by atoms with van der Waals surface area (Å²) >= 11 is 0. The molecule has 0 saturated carbocycles. The molecule has 0 atom stereocenters. The fourth-order valence-corrected chi connectivity index (χ4v) is 1.40.